The van der Waals surface area contributed by atoms with E-state index < -0.39 is 0 Å². The third-order valence-corrected chi connectivity index (χ3v) is 1.09. The smallest absolute Gasteiger partial charge is 0.00731 e. The van der Waals surface area contributed by atoms with Gasteiger partial charge in [-0.25, -0.2) is 0 Å². The van der Waals surface area contributed by atoms with E-state index in [2.05, 4.69) is 27.7 Å². The van der Waals surface area contributed by atoms with Crippen molar-refractivity contribution in [1.82, 2.24) is 0 Å². The predicted octanol–water partition coefficient (Wildman–Crippen LogP) is 2.29. The Labute approximate surface area is 57.9 Å². The van der Waals surface area contributed by atoms with E-state index >= 15 is 0 Å². The molecule has 0 aromatic carbocycles. The van der Waals surface area contributed by atoms with E-state index in [1.54, 1.807) is 6.20 Å². The van der Waals surface area contributed by atoms with Crippen molar-refractivity contribution in [2.45, 2.75) is 34.1 Å². The fourth-order valence-electron chi connectivity index (χ4n) is 0.895. The Hall–Kier alpha value is -0.460. The van der Waals surface area contributed by atoms with Gasteiger partial charge < -0.3 is 5.73 Å². The van der Waals surface area contributed by atoms with E-state index in [1.165, 1.54) is 5.57 Å². The lowest BCUT2D eigenvalue weighted by molar-refractivity contribution is 0.409. The van der Waals surface area contributed by atoms with Gasteiger partial charge in [-0.15, -0.1) is 0 Å². The van der Waals surface area contributed by atoms with Gasteiger partial charge in [-0.05, 0) is 25.0 Å². The van der Waals surface area contributed by atoms with E-state index in [1.807, 2.05) is 0 Å². The first-order chi connectivity index (χ1) is 3.95. The zero-order chi connectivity index (χ0) is 7.49. The van der Waals surface area contributed by atoms with Crippen LogP contribution in [0.2, 0.25) is 0 Å². The second-order valence-electron chi connectivity index (χ2n) is 3.75. The molecule has 0 bridgehead atoms. The van der Waals surface area contributed by atoms with Crippen molar-refractivity contribution < 1.29 is 0 Å². The normalized spacial score (nSPS) is 14.0. The van der Waals surface area contributed by atoms with E-state index in [9.17, 15) is 0 Å². The molecule has 1 nitrogen and oxygen atoms in total. The number of nitrogens with two attached hydrogens (primary N) is 1. The molecule has 54 valence electrons. The molecule has 0 aromatic rings. The number of hydrogen-bond acceptors (Lipinski definition) is 1. The first-order valence-corrected chi connectivity index (χ1v) is 3.33. The maximum atomic E-state index is 5.32. The van der Waals surface area contributed by atoms with Gasteiger partial charge in [-0.1, -0.05) is 26.3 Å². The first-order valence-electron chi connectivity index (χ1n) is 3.33. The van der Waals surface area contributed by atoms with Crippen molar-refractivity contribution in [3.05, 3.63) is 11.8 Å². The summed E-state index contributed by atoms with van der Waals surface area (Å²) in [7, 11) is 0. The molecule has 0 heterocycles. The summed E-state index contributed by atoms with van der Waals surface area (Å²) in [5, 5.41) is 0. The van der Waals surface area contributed by atoms with Gasteiger partial charge in [0, 0.05) is 0 Å². The van der Waals surface area contributed by atoms with Crippen molar-refractivity contribution in [3.63, 3.8) is 0 Å². The van der Waals surface area contributed by atoms with Gasteiger partial charge in [0.05, 0.1) is 0 Å². The number of rotatable bonds is 1. The Morgan fingerprint density at radius 2 is 1.89 bits per heavy atom. The molecule has 0 fully saturated rings. The summed E-state index contributed by atoms with van der Waals surface area (Å²) in [6, 6.07) is 0. The molecule has 0 saturated heterocycles. The Kier molecular flexibility index (Phi) is 2.75. The van der Waals surface area contributed by atoms with Crippen molar-refractivity contribution in [1.29, 1.82) is 0 Å². The van der Waals surface area contributed by atoms with Crippen LogP contribution in [0.4, 0.5) is 0 Å². The predicted molar refractivity (Wildman–Crippen MR) is 42.0 cm³/mol. The van der Waals surface area contributed by atoms with Gasteiger partial charge in [0.25, 0.3) is 0 Å². The van der Waals surface area contributed by atoms with Gasteiger partial charge in [-0.2, -0.15) is 0 Å². The summed E-state index contributed by atoms with van der Waals surface area (Å²) in [4.78, 5) is 0. The largest absolute Gasteiger partial charge is 0.405 e. The summed E-state index contributed by atoms with van der Waals surface area (Å²) in [5.74, 6) is 0. The molecule has 0 aromatic heterocycles. The Morgan fingerprint density at radius 1 is 1.44 bits per heavy atom. The third-order valence-electron chi connectivity index (χ3n) is 1.09. The molecule has 0 atom stereocenters. The van der Waals surface area contributed by atoms with E-state index in [0.717, 1.165) is 6.42 Å². The molecule has 0 amide bonds. The highest BCUT2D eigenvalue weighted by Gasteiger charge is 2.09. The van der Waals surface area contributed by atoms with Crippen LogP contribution in [0, 0.1) is 5.41 Å². The molecule has 0 spiro atoms. The van der Waals surface area contributed by atoms with Crippen LogP contribution in [0.25, 0.3) is 0 Å². The first kappa shape index (κ1) is 8.54. The molecule has 0 radical (unpaired) electrons. The molecule has 0 aliphatic rings. The zero-order valence-corrected chi connectivity index (χ0v) is 6.86. The summed E-state index contributed by atoms with van der Waals surface area (Å²) < 4.78 is 0. The molecule has 0 unspecified atom stereocenters. The minimum Gasteiger partial charge on any atom is -0.405 e. The lowest BCUT2D eigenvalue weighted by atomic mass is 9.89. The van der Waals surface area contributed by atoms with Crippen LogP contribution < -0.4 is 5.73 Å². The minimum absolute atomic E-state index is 0.375. The second-order valence-corrected chi connectivity index (χ2v) is 3.75. The molecule has 0 rings (SSSR count). The van der Waals surface area contributed by atoms with E-state index in [4.69, 9.17) is 5.73 Å². The van der Waals surface area contributed by atoms with Crippen molar-refractivity contribution >= 4 is 0 Å². The fourth-order valence-corrected chi connectivity index (χ4v) is 0.895. The molecule has 1 heteroatoms. The van der Waals surface area contributed by atoms with Crippen LogP contribution in [0.3, 0.4) is 0 Å². The van der Waals surface area contributed by atoms with Crippen molar-refractivity contribution in [2.24, 2.45) is 11.1 Å². The van der Waals surface area contributed by atoms with Gasteiger partial charge in [-0.3, -0.25) is 0 Å². The van der Waals surface area contributed by atoms with Crippen LogP contribution in [0.5, 0.6) is 0 Å². The standard InChI is InChI=1S/C8H17N/c1-7(6-9)5-8(2,3)4/h6H,5,9H2,1-4H3/b7-6+. The zero-order valence-electron chi connectivity index (χ0n) is 6.86. The Bertz CT molecular complexity index is 106. The molecule has 0 saturated carbocycles. The highest BCUT2D eigenvalue weighted by Crippen LogP contribution is 2.22. The van der Waals surface area contributed by atoms with Gasteiger partial charge >= 0.3 is 0 Å². The third kappa shape index (κ3) is 5.41. The molecular weight excluding hydrogens is 110 g/mol. The van der Waals surface area contributed by atoms with Gasteiger partial charge in [0.15, 0.2) is 0 Å². The maximum Gasteiger partial charge on any atom is -0.00731 e. The molecule has 0 aliphatic carbocycles. The van der Waals surface area contributed by atoms with Crippen LogP contribution in [0.1, 0.15) is 34.1 Å². The van der Waals surface area contributed by atoms with Gasteiger partial charge in [0.1, 0.15) is 0 Å². The molecule has 0 aliphatic heterocycles. The summed E-state index contributed by atoms with van der Waals surface area (Å²) in [6.45, 7) is 8.69. The quantitative estimate of drug-likeness (QED) is 0.574. The highest BCUT2D eigenvalue weighted by atomic mass is 14.5. The lowest BCUT2D eigenvalue weighted by Gasteiger charge is -2.17. The summed E-state index contributed by atoms with van der Waals surface area (Å²) in [5.41, 5.74) is 6.96. The fraction of sp³-hybridized carbons (Fsp3) is 0.750. The number of hydrogen-bond donors (Lipinski definition) is 1. The minimum atomic E-state index is 0.375. The highest BCUT2D eigenvalue weighted by molar-refractivity contribution is 4.97. The Morgan fingerprint density at radius 3 is 2.00 bits per heavy atom. The lowest BCUT2D eigenvalue weighted by Crippen LogP contribution is -2.05. The summed E-state index contributed by atoms with van der Waals surface area (Å²) in [6.07, 6.45) is 2.77. The number of allylic oxidation sites excluding steroid dienone is 1. The van der Waals surface area contributed by atoms with E-state index in [-0.39, 0.29) is 0 Å². The average Bonchev–Trinajstić information content (AvgIpc) is 1.62. The van der Waals surface area contributed by atoms with Crippen molar-refractivity contribution in [3.8, 4) is 0 Å². The average molecular weight is 127 g/mol. The van der Waals surface area contributed by atoms with Crippen LogP contribution in [0.15, 0.2) is 11.8 Å². The molecule has 9 heavy (non-hydrogen) atoms. The monoisotopic (exact) mass is 127 g/mol. The van der Waals surface area contributed by atoms with Gasteiger partial charge in [0.2, 0.25) is 0 Å². The maximum absolute atomic E-state index is 5.32. The molecule has 2 N–H and O–H groups in total. The topological polar surface area (TPSA) is 26.0 Å². The van der Waals surface area contributed by atoms with Crippen LogP contribution in [-0.4, -0.2) is 0 Å². The molecular formula is C8H17N. The van der Waals surface area contributed by atoms with Crippen LogP contribution >= 0.6 is 0 Å². The Balaban J connectivity index is 3.75. The second kappa shape index (κ2) is 2.90. The van der Waals surface area contributed by atoms with E-state index in [0.29, 0.717) is 5.41 Å². The SMILES string of the molecule is C/C(=C\N)CC(C)(C)C. The van der Waals surface area contributed by atoms with Crippen molar-refractivity contribution in [2.75, 3.05) is 0 Å². The summed E-state index contributed by atoms with van der Waals surface area (Å²) >= 11 is 0. The van der Waals surface area contributed by atoms with Crippen LogP contribution in [-0.2, 0) is 0 Å².